The summed E-state index contributed by atoms with van der Waals surface area (Å²) in [6, 6.07) is 12.7. The van der Waals surface area contributed by atoms with E-state index >= 15 is 0 Å². The van der Waals surface area contributed by atoms with E-state index in [9.17, 15) is 19.2 Å². The van der Waals surface area contributed by atoms with E-state index < -0.39 is 23.8 Å². The lowest BCUT2D eigenvalue weighted by atomic mass is 9.86. The highest BCUT2D eigenvalue weighted by Crippen LogP contribution is 2.33. The molecule has 4 aliphatic rings. The van der Waals surface area contributed by atoms with Gasteiger partial charge >= 0.3 is 0 Å². The van der Waals surface area contributed by atoms with E-state index in [0.717, 1.165) is 49.1 Å². The second-order valence-electron chi connectivity index (χ2n) is 12.6. The van der Waals surface area contributed by atoms with Crippen molar-refractivity contribution in [1.82, 2.24) is 20.0 Å². The van der Waals surface area contributed by atoms with Crippen LogP contribution >= 0.6 is 0 Å². The van der Waals surface area contributed by atoms with Crippen molar-refractivity contribution in [2.75, 3.05) is 38.0 Å². The molecule has 1 unspecified atom stereocenters. The molecule has 4 amide bonds. The number of hydrogen-bond donors (Lipinski definition) is 2. The van der Waals surface area contributed by atoms with Crippen LogP contribution in [-0.4, -0.2) is 77.1 Å². The first-order valence-electron chi connectivity index (χ1n) is 16.1. The fourth-order valence-electron chi connectivity index (χ4n) is 7.13. The Morgan fingerprint density at radius 3 is 2.26 bits per heavy atom. The van der Waals surface area contributed by atoms with Gasteiger partial charge in [-0.1, -0.05) is 62.4 Å². The number of imide groups is 2. The maximum Gasteiger partial charge on any atom is 0.264 e. The van der Waals surface area contributed by atoms with Crippen molar-refractivity contribution in [3.05, 3.63) is 64.7 Å². The number of anilines is 1. The van der Waals surface area contributed by atoms with E-state index in [4.69, 9.17) is 0 Å². The first-order valence-corrected chi connectivity index (χ1v) is 16.1. The summed E-state index contributed by atoms with van der Waals surface area (Å²) >= 11 is 0. The summed E-state index contributed by atoms with van der Waals surface area (Å²) in [4.78, 5) is 56.5. The molecule has 0 aromatic heterocycles. The Balaban J connectivity index is 0.977. The molecule has 0 bridgehead atoms. The number of nitrogens with one attached hydrogen (secondary N) is 2. The van der Waals surface area contributed by atoms with Gasteiger partial charge in [-0.25, -0.2) is 0 Å². The molecular weight excluding hydrogens is 542 g/mol. The van der Waals surface area contributed by atoms with Gasteiger partial charge in [0.25, 0.3) is 11.8 Å². The highest BCUT2D eigenvalue weighted by molar-refractivity contribution is 6.25. The Bertz CT molecular complexity index is 1350. The number of carbonyl (C=O) groups is 4. The molecule has 2 aromatic carbocycles. The summed E-state index contributed by atoms with van der Waals surface area (Å²) < 4.78 is 0. The van der Waals surface area contributed by atoms with E-state index in [1.54, 1.807) is 18.2 Å². The minimum atomic E-state index is -0.972. The number of piperazine rings is 1. The maximum absolute atomic E-state index is 13.3. The molecular formula is C34H43N5O4. The quantitative estimate of drug-likeness (QED) is 0.404. The molecule has 3 heterocycles. The third-order valence-electron chi connectivity index (χ3n) is 9.66. The van der Waals surface area contributed by atoms with Gasteiger partial charge in [0.05, 0.1) is 11.1 Å². The van der Waals surface area contributed by atoms with Gasteiger partial charge in [-0.15, -0.1) is 0 Å². The summed E-state index contributed by atoms with van der Waals surface area (Å²) in [5.74, 6) is -1.01. The molecule has 1 atom stereocenters. The first-order chi connectivity index (χ1) is 21.0. The average Bonchev–Trinajstić information content (AvgIpc) is 3.28. The zero-order valence-corrected chi connectivity index (χ0v) is 25.0. The van der Waals surface area contributed by atoms with Gasteiger partial charge in [0.15, 0.2) is 0 Å². The molecule has 3 aliphatic heterocycles. The summed E-state index contributed by atoms with van der Waals surface area (Å²) in [5.41, 5.74) is 3.48. The number of amides is 4. The van der Waals surface area contributed by atoms with E-state index in [1.165, 1.54) is 57.1 Å². The molecule has 9 heteroatoms. The zero-order valence-electron chi connectivity index (χ0n) is 25.0. The van der Waals surface area contributed by atoms with Crippen LogP contribution in [0, 0.1) is 5.92 Å². The number of piperidine rings is 1. The fourth-order valence-corrected chi connectivity index (χ4v) is 7.13. The molecule has 0 radical (unpaired) electrons. The van der Waals surface area contributed by atoms with Crippen LogP contribution in [-0.2, 0) is 22.7 Å². The van der Waals surface area contributed by atoms with E-state index in [0.29, 0.717) is 12.2 Å². The minimum Gasteiger partial charge on any atom is -0.380 e. The van der Waals surface area contributed by atoms with Crippen LogP contribution in [0.4, 0.5) is 5.69 Å². The SMILES string of the molecule is O=C1CCC(N2C(=O)c3cccc(NCc4ccc(CN5CCN(CCCC6CCCCC6)CC5)cc4)c3C2=O)C(=O)N1. The van der Waals surface area contributed by atoms with Crippen molar-refractivity contribution in [3.8, 4) is 0 Å². The van der Waals surface area contributed by atoms with Gasteiger partial charge in [-0.3, -0.25) is 34.3 Å². The summed E-state index contributed by atoms with van der Waals surface area (Å²) in [6.07, 6.45) is 10.2. The Morgan fingerprint density at radius 1 is 0.791 bits per heavy atom. The lowest BCUT2D eigenvalue weighted by molar-refractivity contribution is -0.136. The Hall–Kier alpha value is -3.56. The highest BCUT2D eigenvalue weighted by Gasteiger charge is 2.45. The number of nitrogens with zero attached hydrogens (tertiary/aromatic N) is 3. The van der Waals surface area contributed by atoms with E-state index in [1.807, 2.05) is 0 Å². The van der Waals surface area contributed by atoms with Gasteiger partial charge in [0.2, 0.25) is 11.8 Å². The second-order valence-corrected chi connectivity index (χ2v) is 12.6. The van der Waals surface area contributed by atoms with Crippen LogP contribution in [0.3, 0.4) is 0 Å². The molecule has 6 rings (SSSR count). The van der Waals surface area contributed by atoms with Crippen LogP contribution in [0.25, 0.3) is 0 Å². The smallest absolute Gasteiger partial charge is 0.264 e. The molecule has 9 nitrogen and oxygen atoms in total. The Labute approximate surface area is 254 Å². The molecule has 2 saturated heterocycles. The number of rotatable bonds is 10. The highest BCUT2D eigenvalue weighted by atomic mass is 16.2. The lowest BCUT2D eigenvalue weighted by Gasteiger charge is -2.35. The van der Waals surface area contributed by atoms with Crippen molar-refractivity contribution >= 4 is 29.3 Å². The molecule has 1 saturated carbocycles. The normalized spacial score (nSPS) is 22.1. The molecule has 0 spiro atoms. The van der Waals surface area contributed by atoms with Gasteiger partial charge in [-0.2, -0.15) is 0 Å². The largest absolute Gasteiger partial charge is 0.380 e. The maximum atomic E-state index is 13.3. The van der Waals surface area contributed by atoms with Gasteiger partial charge in [0.1, 0.15) is 6.04 Å². The third-order valence-corrected chi connectivity index (χ3v) is 9.66. The topological polar surface area (TPSA) is 102 Å². The van der Waals surface area contributed by atoms with Crippen LogP contribution in [0.5, 0.6) is 0 Å². The Morgan fingerprint density at radius 2 is 1.51 bits per heavy atom. The van der Waals surface area contributed by atoms with E-state index in [-0.39, 0.29) is 29.9 Å². The van der Waals surface area contributed by atoms with Crippen LogP contribution in [0.2, 0.25) is 0 Å². The van der Waals surface area contributed by atoms with Gasteiger partial charge in [0, 0.05) is 51.4 Å². The van der Waals surface area contributed by atoms with Crippen LogP contribution in [0.1, 0.15) is 89.6 Å². The van der Waals surface area contributed by atoms with Gasteiger partial charge < -0.3 is 10.2 Å². The monoisotopic (exact) mass is 585 g/mol. The standard InChI is InChI=1S/C34H43N5O4/c40-30-16-15-29(32(41)36-30)39-33(42)27-9-4-10-28(31(27)34(39)43)35-22-25-11-13-26(14-12-25)23-38-20-18-37(19-21-38)17-5-8-24-6-2-1-3-7-24/h4,9-14,24,29,35H,1-3,5-8,15-23H2,(H,36,40,41). The lowest BCUT2D eigenvalue weighted by Crippen LogP contribution is -2.54. The minimum absolute atomic E-state index is 0.0987. The van der Waals surface area contributed by atoms with Crippen molar-refractivity contribution < 1.29 is 19.2 Å². The molecule has 2 aromatic rings. The zero-order chi connectivity index (χ0) is 29.8. The summed E-state index contributed by atoms with van der Waals surface area (Å²) in [7, 11) is 0. The summed E-state index contributed by atoms with van der Waals surface area (Å²) in [6.45, 7) is 7.19. The van der Waals surface area contributed by atoms with E-state index in [2.05, 4.69) is 44.7 Å². The van der Waals surface area contributed by atoms with Crippen LogP contribution in [0.15, 0.2) is 42.5 Å². The van der Waals surface area contributed by atoms with Crippen LogP contribution < -0.4 is 10.6 Å². The van der Waals surface area contributed by atoms with Gasteiger partial charge in [-0.05, 0) is 55.0 Å². The predicted molar refractivity (Wildman–Crippen MR) is 164 cm³/mol. The molecule has 43 heavy (non-hydrogen) atoms. The number of hydrogen-bond acceptors (Lipinski definition) is 7. The Kier molecular flexibility index (Phi) is 9.19. The molecule has 228 valence electrons. The second kappa shape index (κ2) is 13.4. The third kappa shape index (κ3) is 6.83. The van der Waals surface area contributed by atoms with Crippen molar-refractivity contribution in [3.63, 3.8) is 0 Å². The molecule has 2 N–H and O–H groups in total. The average molecular weight is 586 g/mol. The predicted octanol–water partition coefficient (Wildman–Crippen LogP) is 4.18. The van der Waals surface area contributed by atoms with Crippen molar-refractivity contribution in [2.24, 2.45) is 5.92 Å². The number of benzene rings is 2. The summed E-state index contributed by atoms with van der Waals surface area (Å²) in [5, 5.41) is 5.57. The number of carbonyl (C=O) groups excluding carboxylic acids is 4. The van der Waals surface area contributed by atoms with Crippen molar-refractivity contribution in [1.29, 1.82) is 0 Å². The number of fused-ring (bicyclic) bond motifs is 1. The molecule has 1 aliphatic carbocycles. The first kappa shape index (κ1) is 29.5. The van der Waals surface area contributed by atoms with Crippen molar-refractivity contribution in [2.45, 2.75) is 76.9 Å². The fraction of sp³-hybridized carbons (Fsp3) is 0.529. The molecule has 3 fully saturated rings.